The summed E-state index contributed by atoms with van der Waals surface area (Å²) in [4.78, 5) is 12.0. The van der Waals surface area contributed by atoms with Gasteiger partial charge in [-0.1, -0.05) is 232 Å². The van der Waals surface area contributed by atoms with Crippen LogP contribution in [0, 0.1) is 0 Å². The third-order valence-electron chi connectivity index (χ3n) is 9.50. The van der Waals surface area contributed by atoms with E-state index >= 15 is 0 Å². The zero-order chi connectivity index (χ0) is 31.2. The zero-order valence-electron chi connectivity index (χ0n) is 30.2. The van der Waals surface area contributed by atoms with Crippen molar-refractivity contribution in [3.05, 3.63) is 0 Å². The fourth-order valence-electron chi connectivity index (χ4n) is 6.43. The molecule has 0 aliphatic carbocycles. The monoisotopic (exact) mass is 607 g/mol. The lowest BCUT2D eigenvalue weighted by molar-refractivity contribution is -0.143. The van der Waals surface area contributed by atoms with Crippen LogP contribution in [0.15, 0.2) is 0 Å². The highest BCUT2D eigenvalue weighted by atomic mass is 16.5. The summed E-state index contributed by atoms with van der Waals surface area (Å²) in [7, 11) is 0. The van der Waals surface area contributed by atoms with E-state index in [0.717, 1.165) is 12.8 Å². The molecule has 0 radical (unpaired) electrons. The smallest absolute Gasteiger partial charge is 0.305 e. The predicted octanol–water partition coefficient (Wildman–Crippen LogP) is 15.0. The van der Waals surface area contributed by atoms with Crippen LogP contribution >= 0.6 is 0 Å². The van der Waals surface area contributed by atoms with E-state index < -0.39 is 0 Å². The maximum atomic E-state index is 12.0. The Morgan fingerprint density at radius 1 is 0.302 bits per heavy atom. The second kappa shape index (κ2) is 39.5. The van der Waals surface area contributed by atoms with Gasteiger partial charge in [-0.05, 0) is 12.8 Å². The highest BCUT2D eigenvalue weighted by molar-refractivity contribution is 5.69. The SMILES string of the molecule is CCCCCCCCCCCCCCCCCCCCCCCCOC(=O)CCCCCCCCCCCCCCCC. The first-order valence-corrected chi connectivity index (χ1v) is 20.5. The first-order chi connectivity index (χ1) is 21.3. The average Bonchev–Trinajstić information content (AvgIpc) is 3.01. The summed E-state index contributed by atoms with van der Waals surface area (Å²) in [5.41, 5.74) is 0. The number of hydrogen-bond donors (Lipinski definition) is 0. The quantitative estimate of drug-likeness (QED) is 0.0516. The minimum Gasteiger partial charge on any atom is -0.466 e. The van der Waals surface area contributed by atoms with Crippen LogP contribution in [0.25, 0.3) is 0 Å². The van der Waals surface area contributed by atoms with E-state index in [4.69, 9.17) is 4.74 Å². The topological polar surface area (TPSA) is 26.3 Å². The number of hydrogen-bond acceptors (Lipinski definition) is 2. The van der Waals surface area contributed by atoms with Gasteiger partial charge in [-0.3, -0.25) is 4.79 Å². The summed E-state index contributed by atoms with van der Waals surface area (Å²) in [6.07, 6.45) is 50.5. The second-order valence-electron chi connectivity index (χ2n) is 14.0. The van der Waals surface area contributed by atoms with E-state index in [1.54, 1.807) is 0 Å². The van der Waals surface area contributed by atoms with Crippen molar-refractivity contribution < 1.29 is 9.53 Å². The number of ether oxygens (including phenoxy) is 1. The van der Waals surface area contributed by atoms with Crippen molar-refractivity contribution in [3.8, 4) is 0 Å². The van der Waals surface area contributed by atoms with Gasteiger partial charge >= 0.3 is 5.97 Å². The highest BCUT2D eigenvalue weighted by Gasteiger charge is 2.03. The van der Waals surface area contributed by atoms with Crippen LogP contribution in [0.4, 0.5) is 0 Å². The van der Waals surface area contributed by atoms with Crippen LogP contribution in [0.1, 0.15) is 251 Å². The Morgan fingerprint density at radius 2 is 0.512 bits per heavy atom. The van der Waals surface area contributed by atoms with Crippen LogP contribution in [-0.4, -0.2) is 12.6 Å². The molecule has 0 unspecified atom stereocenters. The predicted molar refractivity (Wildman–Crippen MR) is 193 cm³/mol. The molecule has 0 aliphatic rings. The molecule has 0 spiro atoms. The fourth-order valence-corrected chi connectivity index (χ4v) is 6.43. The molecule has 43 heavy (non-hydrogen) atoms. The summed E-state index contributed by atoms with van der Waals surface area (Å²) in [6, 6.07) is 0. The zero-order valence-corrected chi connectivity index (χ0v) is 30.2. The van der Waals surface area contributed by atoms with E-state index in [0.29, 0.717) is 13.0 Å². The van der Waals surface area contributed by atoms with Crippen LogP contribution in [0.5, 0.6) is 0 Å². The summed E-state index contributed by atoms with van der Waals surface area (Å²) in [6.45, 7) is 5.22. The van der Waals surface area contributed by atoms with E-state index in [1.807, 2.05) is 0 Å². The van der Waals surface area contributed by atoms with Gasteiger partial charge in [-0.25, -0.2) is 0 Å². The number of carbonyl (C=O) groups excluding carboxylic acids is 1. The van der Waals surface area contributed by atoms with Crippen molar-refractivity contribution in [3.63, 3.8) is 0 Å². The van der Waals surface area contributed by atoms with Crippen molar-refractivity contribution in [2.45, 2.75) is 251 Å². The van der Waals surface area contributed by atoms with Crippen molar-refractivity contribution in [2.24, 2.45) is 0 Å². The van der Waals surface area contributed by atoms with Gasteiger partial charge in [0.25, 0.3) is 0 Å². The van der Waals surface area contributed by atoms with Crippen molar-refractivity contribution in [2.75, 3.05) is 6.61 Å². The first kappa shape index (κ1) is 42.5. The van der Waals surface area contributed by atoms with Gasteiger partial charge in [0, 0.05) is 6.42 Å². The Balaban J connectivity index is 3.13. The van der Waals surface area contributed by atoms with Gasteiger partial charge in [0.1, 0.15) is 0 Å². The Bertz CT molecular complexity index is 502. The molecule has 0 aromatic heterocycles. The number of carbonyl (C=O) groups is 1. The first-order valence-electron chi connectivity index (χ1n) is 20.5. The van der Waals surface area contributed by atoms with Gasteiger partial charge in [-0.2, -0.15) is 0 Å². The van der Waals surface area contributed by atoms with Crippen LogP contribution in [0.2, 0.25) is 0 Å². The van der Waals surface area contributed by atoms with E-state index in [2.05, 4.69) is 13.8 Å². The van der Waals surface area contributed by atoms with Gasteiger partial charge in [0.15, 0.2) is 0 Å². The Morgan fingerprint density at radius 3 is 0.767 bits per heavy atom. The molecule has 0 heterocycles. The Kier molecular flexibility index (Phi) is 39.0. The molecule has 0 bridgehead atoms. The van der Waals surface area contributed by atoms with Gasteiger partial charge in [0.05, 0.1) is 6.61 Å². The molecule has 258 valence electrons. The Labute approximate surface area is 273 Å². The van der Waals surface area contributed by atoms with Crippen molar-refractivity contribution in [1.29, 1.82) is 0 Å². The van der Waals surface area contributed by atoms with Gasteiger partial charge < -0.3 is 4.74 Å². The molecule has 0 fully saturated rings. The molecule has 0 aliphatic heterocycles. The van der Waals surface area contributed by atoms with E-state index in [1.165, 1.54) is 218 Å². The molecule has 0 rings (SSSR count). The number of rotatable bonds is 38. The van der Waals surface area contributed by atoms with E-state index in [9.17, 15) is 4.79 Å². The van der Waals surface area contributed by atoms with Gasteiger partial charge in [-0.15, -0.1) is 0 Å². The Hall–Kier alpha value is -0.530. The molecule has 2 heteroatoms. The fraction of sp³-hybridized carbons (Fsp3) is 0.976. The lowest BCUT2D eigenvalue weighted by Crippen LogP contribution is -2.05. The summed E-state index contributed by atoms with van der Waals surface area (Å²) in [5, 5.41) is 0. The maximum Gasteiger partial charge on any atom is 0.305 e. The minimum absolute atomic E-state index is 0.0300. The molecule has 2 nitrogen and oxygen atoms in total. The maximum absolute atomic E-state index is 12.0. The van der Waals surface area contributed by atoms with E-state index in [-0.39, 0.29) is 5.97 Å². The summed E-state index contributed by atoms with van der Waals surface area (Å²) in [5.74, 6) is 0.0300. The average molecular weight is 607 g/mol. The van der Waals surface area contributed by atoms with Crippen molar-refractivity contribution >= 4 is 5.97 Å². The number of unbranched alkanes of at least 4 members (excludes halogenated alkanes) is 34. The molecule has 0 atom stereocenters. The molecular formula is C41H82O2. The third kappa shape index (κ3) is 39.4. The molecule has 0 aromatic carbocycles. The molecule has 0 amide bonds. The lowest BCUT2D eigenvalue weighted by atomic mass is 10.0. The lowest BCUT2D eigenvalue weighted by Gasteiger charge is -2.06. The largest absolute Gasteiger partial charge is 0.466 e. The summed E-state index contributed by atoms with van der Waals surface area (Å²) >= 11 is 0. The molecular weight excluding hydrogens is 524 g/mol. The van der Waals surface area contributed by atoms with Gasteiger partial charge in [0.2, 0.25) is 0 Å². The highest BCUT2D eigenvalue weighted by Crippen LogP contribution is 2.16. The second-order valence-corrected chi connectivity index (χ2v) is 14.0. The standard InChI is InChI=1S/C41H82O2/c1-3-5-7-9-11-13-15-17-19-20-21-22-23-24-25-26-28-30-32-34-36-38-40-43-41(42)39-37-35-33-31-29-27-18-16-14-12-10-8-6-4-2/h3-40H2,1-2H3. The van der Waals surface area contributed by atoms with Crippen molar-refractivity contribution in [1.82, 2.24) is 0 Å². The van der Waals surface area contributed by atoms with Crippen LogP contribution in [-0.2, 0) is 9.53 Å². The molecule has 0 saturated carbocycles. The third-order valence-corrected chi connectivity index (χ3v) is 9.50. The molecule has 0 N–H and O–H groups in total. The molecule has 0 aromatic rings. The van der Waals surface area contributed by atoms with Crippen LogP contribution in [0.3, 0.4) is 0 Å². The summed E-state index contributed by atoms with van der Waals surface area (Å²) < 4.78 is 5.46. The minimum atomic E-state index is 0.0300. The molecule has 0 saturated heterocycles. The number of esters is 1. The normalized spacial score (nSPS) is 11.4. The van der Waals surface area contributed by atoms with Crippen LogP contribution < -0.4 is 0 Å².